The summed E-state index contributed by atoms with van der Waals surface area (Å²) in [5.41, 5.74) is 4.27. The van der Waals surface area contributed by atoms with Crippen molar-refractivity contribution in [3.05, 3.63) is 162 Å². The van der Waals surface area contributed by atoms with Gasteiger partial charge in [-0.05, 0) is 85.2 Å². The summed E-state index contributed by atoms with van der Waals surface area (Å²) < 4.78 is 4.52. The van der Waals surface area contributed by atoms with Crippen molar-refractivity contribution in [2.75, 3.05) is 0 Å². The van der Waals surface area contributed by atoms with E-state index >= 15 is 0 Å². The van der Waals surface area contributed by atoms with Crippen LogP contribution >= 0.6 is 11.3 Å². The van der Waals surface area contributed by atoms with Crippen molar-refractivity contribution in [1.29, 1.82) is 0 Å². The molecule has 3 heteroatoms. The minimum Gasteiger partial charge on any atom is -0.276 e. The van der Waals surface area contributed by atoms with Crippen LogP contribution in [0.25, 0.3) is 91.0 Å². The van der Waals surface area contributed by atoms with Gasteiger partial charge in [0.15, 0.2) is 0 Å². The summed E-state index contributed by atoms with van der Waals surface area (Å²) in [7, 11) is 0. The van der Waals surface area contributed by atoms with E-state index in [1.54, 1.807) is 0 Å². The van der Waals surface area contributed by atoms with Crippen molar-refractivity contribution in [1.82, 2.24) is 4.57 Å². The smallest absolute Gasteiger partial charge is 0.263 e. The van der Waals surface area contributed by atoms with E-state index in [2.05, 4.69) is 109 Å². The molecule has 10 aromatic rings. The number of hydrogen-bond donors (Lipinski definition) is 0. The maximum Gasteiger partial charge on any atom is 0.263 e. The van der Waals surface area contributed by atoms with Gasteiger partial charge >= 0.3 is 0 Å². The van der Waals surface area contributed by atoms with Crippen LogP contribution in [0.3, 0.4) is 0 Å². The Balaban J connectivity index is 1.25. The topological polar surface area (TPSA) is 22.0 Å². The molecule has 0 saturated heterocycles. The Hall–Kier alpha value is -5.77. The summed E-state index contributed by atoms with van der Waals surface area (Å²) in [6.45, 7) is 0. The van der Waals surface area contributed by atoms with Crippen LogP contribution in [0, 0.1) is 0 Å². The quantitative estimate of drug-likeness (QED) is 0.180. The largest absolute Gasteiger partial charge is 0.276 e. The highest BCUT2D eigenvalue weighted by atomic mass is 32.1. The molecule has 0 amide bonds. The minimum absolute atomic E-state index is 0.00111. The van der Waals surface area contributed by atoms with E-state index in [4.69, 9.17) is 0 Å². The number of para-hydroxylation sites is 1. The fraction of sp³-hybridized carbons (Fsp3) is 0. The summed E-state index contributed by atoms with van der Waals surface area (Å²) in [4.78, 5) is 14.0. The normalized spacial score (nSPS) is 12.0. The molecule has 2 nitrogen and oxygen atoms in total. The molecule has 0 aliphatic carbocycles. The van der Waals surface area contributed by atoms with Gasteiger partial charge in [-0.15, -0.1) is 11.3 Å². The molecular formula is C43H25NOS. The van der Waals surface area contributed by atoms with Crippen LogP contribution < -0.4 is 5.56 Å². The second-order valence-electron chi connectivity index (χ2n) is 12.0. The number of hydrogen-bond acceptors (Lipinski definition) is 2. The first-order valence-electron chi connectivity index (χ1n) is 15.6. The predicted molar refractivity (Wildman–Crippen MR) is 198 cm³/mol. The molecule has 0 atom stereocenters. The fourth-order valence-corrected chi connectivity index (χ4v) is 8.75. The van der Waals surface area contributed by atoms with Crippen molar-refractivity contribution in [2.45, 2.75) is 0 Å². The lowest BCUT2D eigenvalue weighted by atomic mass is 9.91. The van der Waals surface area contributed by atoms with E-state index in [1.807, 2.05) is 58.4 Å². The number of fused-ring (bicyclic) bond motifs is 12. The zero-order chi connectivity index (χ0) is 30.4. The lowest BCUT2D eigenvalue weighted by molar-refractivity contribution is 1.06. The van der Waals surface area contributed by atoms with Crippen LogP contribution in [0.5, 0.6) is 0 Å². The number of thiophene rings is 1. The second kappa shape index (κ2) is 9.61. The highest BCUT2D eigenvalue weighted by molar-refractivity contribution is 7.26. The third-order valence-corrected chi connectivity index (χ3v) is 10.8. The van der Waals surface area contributed by atoms with Gasteiger partial charge in [-0.2, -0.15) is 0 Å². The van der Waals surface area contributed by atoms with Gasteiger partial charge in [0.05, 0.1) is 5.52 Å². The molecule has 10 rings (SSSR count). The molecule has 0 bridgehead atoms. The minimum atomic E-state index is -0.00111. The maximum atomic E-state index is 14.0. The van der Waals surface area contributed by atoms with Gasteiger partial charge in [0.25, 0.3) is 5.56 Å². The van der Waals surface area contributed by atoms with Gasteiger partial charge < -0.3 is 0 Å². The van der Waals surface area contributed by atoms with E-state index in [0.717, 1.165) is 32.7 Å². The van der Waals surface area contributed by atoms with Crippen LogP contribution in [0.15, 0.2) is 156 Å². The SMILES string of the molecule is O=c1c2ccccc2c2ccccc2n1-c1ccc2c3ccc(-c4cccc5c4sc4ccccc45)cc3c3ccccc3c2c1. The first-order chi connectivity index (χ1) is 22.7. The van der Waals surface area contributed by atoms with Gasteiger partial charge in [0, 0.05) is 36.6 Å². The van der Waals surface area contributed by atoms with E-state index in [9.17, 15) is 4.79 Å². The fourth-order valence-electron chi connectivity index (χ4n) is 7.51. The summed E-state index contributed by atoms with van der Waals surface area (Å²) in [6.07, 6.45) is 0. The number of pyridine rings is 1. The molecule has 46 heavy (non-hydrogen) atoms. The Labute approximate surface area is 268 Å². The molecule has 0 radical (unpaired) electrons. The molecule has 8 aromatic carbocycles. The molecule has 0 N–H and O–H groups in total. The zero-order valence-electron chi connectivity index (χ0n) is 24.7. The molecule has 0 saturated carbocycles. The van der Waals surface area contributed by atoms with E-state index in [1.165, 1.54) is 58.2 Å². The number of benzene rings is 8. The lowest BCUT2D eigenvalue weighted by Crippen LogP contribution is -2.19. The third kappa shape index (κ3) is 3.55. The van der Waals surface area contributed by atoms with Crippen LogP contribution in [-0.4, -0.2) is 4.57 Å². The molecule has 2 heterocycles. The van der Waals surface area contributed by atoms with Gasteiger partial charge in [-0.25, -0.2) is 0 Å². The number of aromatic nitrogens is 1. The summed E-state index contributed by atoms with van der Waals surface area (Å²) >= 11 is 1.87. The average molecular weight is 604 g/mol. The van der Waals surface area contributed by atoms with Crippen molar-refractivity contribution in [3.63, 3.8) is 0 Å². The third-order valence-electron chi connectivity index (χ3n) is 9.59. The maximum absolute atomic E-state index is 14.0. The monoisotopic (exact) mass is 603 g/mol. The van der Waals surface area contributed by atoms with Crippen LogP contribution in [0.2, 0.25) is 0 Å². The molecule has 0 aliphatic rings. The molecular weight excluding hydrogens is 579 g/mol. The molecule has 0 aliphatic heterocycles. The van der Waals surface area contributed by atoms with Gasteiger partial charge in [-0.3, -0.25) is 9.36 Å². The van der Waals surface area contributed by atoms with E-state index in [0.29, 0.717) is 0 Å². The molecule has 214 valence electrons. The van der Waals surface area contributed by atoms with Crippen molar-refractivity contribution < 1.29 is 0 Å². The summed E-state index contributed by atoms with van der Waals surface area (Å²) in [6, 6.07) is 53.6. The number of rotatable bonds is 2. The van der Waals surface area contributed by atoms with Crippen molar-refractivity contribution in [3.8, 4) is 16.8 Å². The van der Waals surface area contributed by atoms with Crippen LogP contribution in [0.1, 0.15) is 0 Å². The first-order valence-corrected chi connectivity index (χ1v) is 16.4. The zero-order valence-corrected chi connectivity index (χ0v) is 25.5. The highest BCUT2D eigenvalue weighted by Gasteiger charge is 2.16. The van der Waals surface area contributed by atoms with Gasteiger partial charge in [0.2, 0.25) is 0 Å². The average Bonchev–Trinajstić information content (AvgIpc) is 3.51. The number of nitrogens with zero attached hydrogens (tertiary/aromatic N) is 1. The van der Waals surface area contributed by atoms with Crippen molar-refractivity contribution >= 4 is 85.5 Å². The predicted octanol–water partition coefficient (Wildman–Crippen LogP) is 11.6. The van der Waals surface area contributed by atoms with Gasteiger partial charge in [-0.1, -0.05) is 115 Å². The van der Waals surface area contributed by atoms with E-state index < -0.39 is 0 Å². The Morgan fingerprint density at radius 1 is 0.413 bits per heavy atom. The second-order valence-corrected chi connectivity index (χ2v) is 13.1. The van der Waals surface area contributed by atoms with Crippen molar-refractivity contribution in [2.24, 2.45) is 0 Å². The van der Waals surface area contributed by atoms with E-state index in [-0.39, 0.29) is 5.56 Å². The summed E-state index contributed by atoms with van der Waals surface area (Å²) in [5, 5.41) is 12.6. The standard InChI is InChI=1S/C43H25NOS/c45-43-37-15-4-3-12-31(37)34-13-5-7-18-40(34)44(43)27-21-23-33-32-22-20-26(24-38(32)29-10-1-2-11-30(29)39(33)25-27)28-16-9-17-36-35-14-6-8-19-41(35)46-42(28)36/h1-25H. The first kappa shape index (κ1) is 25.5. The lowest BCUT2D eigenvalue weighted by Gasteiger charge is -2.16. The Morgan fingerprint density at radius 3 is 1.76 bits per heavy atom. The summed E-state index contributed by atoms with van der Waals surface area (Å²) in [5.74, 6) is 0. The molecule has 0 fully saturated rings. The molecule has 0 spiro atoms. The van der Waals surface area contributed by atoms with Crippen LogP contribution in [-0.2, 0) is 0 Å². The Kier molecular flexibility index (Phi) is 5.34. The highest BCUT2D eigenvalue weighted by Crippen LogP contribution is 2.42. The van der Waals surface area contributed by atoms with Crippen LogP contribution in [0.4, 0.5) is 0 Å². The molecule has 0 unspecified atom stereocenters. The molecule has 2 aromatic heterocycles. The Morgan fingerprint density at radius 2 is 0.978 bits per heavy atom. The van der Waals surface area contributed by atoms with Gasteiger partial charge in [0.1, 0.15) is 0 Å². The Bertz CT molecular complexity index is 2930.